The molecule has 4 rings (SSSR count). The van der Waals surface area contributed by atoms with Gasteiger partial charge in [-0.1, -0.05) is 15.9 Å². The number of methoxy groups -OCH3 is 2. The number of carbonyl (C=O) groups is 2. The van der Waals surface area contributed by atoms with Gasteiger partial charge in [-0.2, -0.15) is 0 Å². The number of alkyl halides is 1. The topological polar surface area (TPSA) is 73.9 Å². The lowest BCUT2D eigenvalue weighted by Gasteiger charge is -2.27. The number of esters is 1. The summed E-state index contributed by atoms with van der Waals surface area (Å²) in [6.07, 6.45) is 0.771. The molecule has 1 aliphatic heterocycles. The first-order valence-electron chi connectivity index (χ1n) is 7.92. The van der Waals surface area contributed by atoms with Gasteiger partial charge in [0.2, 0.25) is 5.91 Å². The van der Waals surface area contributed by atoms with E-state index in [0.29, 0.717) is 17.2 Å². The summed E-state index contributed by atoms with van der Waals surface area (Å²) in [6.45, 7) is 0. The molecule has 6 atom stereocenters. The first-order valence-corrected chi connectivity index (χ1v) is 8.84. The molecule has 0 unspecified atom stereocenters. The normalized spacial score (nSPS) is 35.7. The second kappa shape index (κ2) is 5.65. The van der Waals surface area contributed by atoms with E-state index in [9.17, 15) is 9.59 Å². The van der Waals surface area contributed by atoms with Crippen molar-refractivity contribution < 1.29 is 23.8 Å². The number of hydrogen-bond donors (Lipinski definition) is 1. The number of rotatable bonds is 4. The Kier molecular flexibility index (Phi) is 3.71. The summed E-state index contributed by atoms with van der Waals surface area (Å²) in [7, 11) is 3.11. The Balaban J connectivity index is 1.60. The lowest BCUT2D eigenvalue weighted by Crippen LogP contribution is -2.40. The summed E-state index contributed by atoms with van der Waals surface area (Å²) in [4.78, 5) is 25.1. The monoisotopic (exact) mass is 395 g/mol. The molecule has 2 saturated carbocycles. The van der Waals surface area contributed by atoms with Crippen LogP contribution in [0.1, 0.15) is 6.42 Å². The Bertz CT molecular complexity index is 708. The van der Waals surface area contributed by atoms with E-state index in [1.165, 1.54) is 0 Å². The fourth-order valence-corrected chi connectivity index (χ4v) is 5.50. The fourth-order valence-electron chi connectivity index (χ4n) is 4.46. The molecule has 1 aromatic carbocycles. The Labute approximate surface area is 148 Å². The van der Waals surface area contributed by atoms with Gasteiger partial charge < -0.3 is 19.5 Å². The van der Waals surface area contributed by atoms with Crippen LogP contribution in [-0.4, -0.2) is 37.0 Å². The zero-order chi connectivity index (χ0) is 17.0. The maximum Gasteiger partial charge on any atom is 0.310 e. The molecular formula is C17H18BrNO5. The number of benzene rings is 1. The summed E-state index contributed by atoms with van der Waals surface area (Å²) < 4.78 is 16.0. The van der Waals surface area contributed by atoms with E-state index >= 15 is 0 Å². The van der Waals surface area contributed by atoms with Gasteiger partial charge in [0.15, 0.2) is 0 Å². The summed E-state index contributed by atoms with van der Waals surface area (Å²) in [5.41, 5.74) is 0.540. The lowest BCUT2D eigenvalue weighted by molar-refractivity contribution is -0.145. The molecule has 1 N–H and O–H groups in total. The highest BCUT2D eigenvalue weighted by Gasteiger charge is 2.67. The maximum atomic E-state index is 12.9. The van der Waals surface area contributed by atoms with Crippen LogP contribution in [0.3, 0.4) is 0 Å². The minimum absolute atomic E-state index is 0.0492. The van der Waals surface area contributed by atoms with E-state index in [0.717, 1.165) is 6.42 Å². The van der Waals surface area contributed by atoms with Crippen LogP contribution in [0.25, 0.3) is 0 Å². The van der Waals surface area contributed by atoms with Crippen LogP contribution in [0.2, 0.25) is 0 Å². The van der Waals surface area contributed by atoms with E-state index in [-0.39, 0.29) is 46.5 Å². The minimum atomic E-state index is -0.374. The Hall–Kier alpha value is -1.76. The van der Waals surface area contributed by atoms with Crippen molar-refractivity contribution in [1.29, 1.82) is 0 Å². The number of nitrogens with one attached hydrogen (secondary N) is 1. The second-order valence-electron chi connectivity index (χ2n) is 6.52. The average Bonchev–Trinajstić information content (AvgIpc) is 3.18. The molecule has 0 spiro atoms. The fraction of sp³-hybridized carbons (Fsp3) is 0.529. The zero-order valence-electron chi connectivity index (χ0n) is 13.3. The third-order valence-corrected chi connectivity index (χ3v) is 6.69. The van der Waals surface area contributed by atoms with Gasteiger partial charge in [0, 0.05) is 12.0 Å². The van der Waals surface area contributed by atoms with E-state index in [2.05, 4.69) is 21.2 Å². The smallest absolute Gasteiger partial charge is 0.310 e. The average molecular weight is 396 g/mol. The number of halogens is 1. The van der Waals surface area contributed by atoms with E-state index in [1.807, 2.05) is 0 Å². The Morgan fingerprint density at radius 2 is 2.08 bits per heavy atom. The molecule has 2 bridgehead atoms. The molecule has 128 valence electrons. The molecule has 3 fully saturated rings. The predicted octanol–water partition coefficient (Wildman–Crippen LogP) is 2.21. The molecule has 7 heteroatoms. The molecule has 2 aliphatic carbocycles. The molecule has 3 aliphatic rings. The van der Waals surface area contributed by atoms with Crippen LogP contribution < -0.4 is 14.8 Å². The highest BCUT2D eigenvalue weighted by Crippen LogP contribution is 2.60. The molecule has 1 aromatic rings. The van der Waals surface area contributed by atoms with Crippen LogP contribution in [0.15, 0.2) is 18.2 Å². The van der Waals surface area contributed by atoms with E-state index < -0.39 is 0 Å². The van der Waals surface area contributed by atoms with Crippen molar-refractivity contribution in [3.63, 3.8) is 0 Å². The number of hydrogen-bond acceptors (Lipinski definition) is 5. The van der Waals surface area contributed by atoms with Crippen molar-refractivity contribution in [2.75, 3.05) is 19.5 Å². The van der Waals surface area contributed by atoms with Crippen LogP contribution in [0.5, 0.6) is 11.5 Å². The van der Waals surface area contributed by atoms with Crippen molar-refractivity contribution >= 4 is 33.5 Å². The summed E-state index contributed by atoms with van der Waals surface area (Å²) in [5.74, 6) is 0.329. The van der Waals surface area contributed by atoms with Crippen molar-refractivity contribution in [1.82, 2.24) is 0 Å². The van der Waals surface area contributed by atoms with Gasteiger partial charge in [0.05, 0.1) is 36.6 Å². The van der Waals surface area contributed by atoms with Gasteiger partial charge in [-0.25, -0.2) is 0 Å². The zero-order valence-corrected chi connectivity index (χ0v) is 14.9. The third kappa shape index (κ3) is 2.13. The predicted molar refractivity (Wildman–Crippen MR) is 89.3 cm³/mol. The van der Waals surface area contributed by atoms with Gasteiger partial charge in [0.25, 0.3) is 0 Å². The van der Waals surface area contributed by atoms with Crippen LogP contribution in [-0.2, 0) is 14.3 Å². The first kappa shape index (κ1) is 15.7. The highest BCUT2D eigenvalue weighted by atomic mass is 79.9. The van der Waals surface area contributed by atoms with Crippen LogP contribution >= 0.6 is 15.9 Å². The molecule has 0 radical (unpaired) electrons. The summed E-state index contributed by atoms with van der Waals surface area (Å²) in [5, 5.41) is 2.91. The van der Waals surface area contributed by atoms with Gasteiger partial charge in [-0.15, -0.1) is 0 Å². The minimum Gasteiger partial charge on any atom is -0.497 e. The molecule has 1 amide bonds. The molecule has 0 aromatic heterocycles. The SMILES string of the molecule is COc1ccc(OC)c(NC(=O)[C@@H]2[C@H]3C[C@H]4[C@H](OC(=O)[C@@H]42)[C@@H]3Br)c1. The molecule has 24 heavy (non-hydrogen) atoms. The summed E-state index contributed by atoms with van der Waals surface area (Å²) >= 11 is 3.62. The van der Waals surface area contributed by atoms with Gasteiger partial charge in [-0.3, -0.25) is 9.59 Å². The molecular weight excluding hydrogens is 378 g/mol. The van der Waals surface area contributed by atoms with Gasteiger partial charge in [0.1, 0.15) is 17.6 Å². The molecule has 1 saturated heterocycles. The second-order valence-corrected chi connectivity index (χ2v) is 7.57. The summed E-state index contributed by atoms with van der Waals surface area (Å²) in [6, 6.07) is 5.22. The van der Waals surface area contributed by atoms with Crippen molar-refractivity contribution in [3.8, 4) is 11.5 Å². The lowest BCUT2D eigenvalue weighted by atomic mass is 9.79. The maximum absolute atomic E-state index is 12.9. The Morgan fingerprint density at radius 3 is 2.79 bits per heavy atom. The van der Waals surface area contributed by atoms with Gasteiger partial charge >= 0.3 is 5.97 Å². The van der Waals surface area contributed by atoms with Crippen LogP contribution in [0, 0.1) is 23.7 Å². The van der Waals surface area contributed by atoms with E-state index in [1.54, 1.807) is 32.4 Å². The van der Waals surface area contributed by atoms with Crippen molar-refractivity contribution in [2.24, 2.45) is 23.7 Å². The van der Waals surface area contributed by atoms with Gasteiger partial charge in [-0.05, 0) is 24.5 Å². The van der Waals surface area contributed by atoms with Crippen molar-refractivity contribution in [3.05, 3.63) is 18.2 Å². The standard InChI is InChI=1S/C17H18BrNO5/c1-22-7-3-4-11(23-2)10(5-7)19-16(20)12-8-6-9-13(12)17(21)24-15(9)14(8)18/h3-5,8-9,12-15H,6H2,1-2H3,(H,19,20)/t8-,9-,12-,13+,14-,15+/m1/s1. The first-order chi connectivity index (χ1) is 11.5. The largest absolute Gasteiger partial charge is 0.497 e. The third-order valence-electron chi connectivity index (χ3n) is 5.49. The Morgan fingerprint density at radius 1 is 1.29 bits per heavy atom. The highest BCUT2D eigenvalue weighted by molar-refractivity contribution is 9.09. The number of ether oxygens (including phenoxy) is 3. The number of amides is 1. The van der Waals surface area contributed by atoms with Crippen molar-refractivity contribution in [2.45, 2.75) is 17.4 Å². The number of fused-ring (bicyclic) bond motifs is 1. The molecule has 1 heterocycles. The van der Waals surface area contributed by atoms with Crippen LogP contribution in [0.4, 0.5) is 5.69 Å². The molecule has 6 nitrogen and oxygen atoms in total. The van der Waals surface area contributed by atoms with E-state index in [4.69, 9.17) is 14.2 Å². The number of carbonyl (C=O) groups excluding carboxylic acids is 2. The number of anilines is 1. The quantitative estimate of drug-likeness (QED) is 0.624.